The molecule has 21 heavy (non-hydrogen) atoms. The van der Waals surface area contributed by atoms with Crippen LogP contribution in [-0.4, -0.2) is 12.9 Å². The van der Waals surface area contributed by atoms with E-state index in [1.807, 2.05) is 19.1 Å². The van der Waals surface area contributed by atoms with Gasteiger partial charge in [-0.05, 0) is 66.4 Å². The molecule has 2 heteroatoms. The van der Waals surface area contributed by atoms with Crippen LogP contribution in [-0.2, 0) is 4.79 Å². The fourth-order valence-corrected chi connectivity index (χ4v) is 3.08. The van der Waals surface area contributed by atoms with Crippen molar-refractivity contribution >= 4 is 11.9 Å². The van der Waals surface area contributed by atoms with Crippen molar-refractivity contribution in [2.75, 3.05) is 6.61 Å². The highest BCUT2D eigenvalue weighted by atomic mass is 16.5. The first kappa shape index (κ1) is 15.8. The van der Waals surface area contributed by atoms with Gasteiger partial charge in [-0.15, -0.1) is 0 Å². The fraction of sp³-hybridized carbons (Fsp3) is 0.526. The van der Waals surface area contributed by atoms with Gasteiger partial charge in [0.2, 0.25) is 0 Å². The number of benzene rings is 1. The van der Waals surface area contributed by atoms with Gasteiger partial charge in [-0.25, -0.2) is 0 Å². The van der Waals surface area contributed by atoms with Crippen molar-refractivity contribution < 1.29 is 9.53 Å². The van der Waals surface area contributed by atoms with Gasteiger partial charge in [0.25, 0.3) is 0 Å². The van der Waals surface area contributed by atoms with E-state index in [0.29, 0.717) is 12.5 Å². The first-order valence-electron chi connectivity index (χ1n) is 7.86. The van der Waals surface area contributed by atoms with Crippen molar-refractivity contribution in [3.8, 4) is 5.75 Å². The summed E-state index contributed by atoms with van der Waals surface area (Å²) in [4.78, 5) is 11.5. The molecular weight excluding hydrogens is 260 g/mol. The second-order valence-corrected chi connectivity index (χ2v) is 6.88. The second kappa shape index (κ2) is 6.46. The summed E-state index contributed by atoms with van der Waals surface area (Å²) in [6.07, 6.45) is 4.10. The van der Waals surface area contributed by atoms with E-state index >= 15 is 0 Å². The molecule has 114 valence electrons. The molecule has 2 nitrogen and oxygen atoms in total. The van der Waals surface area contributed by atoms with Gasteiger partial charge in [-0.1, -0.05) is 32.9 Å². The lowest BCUT2D eigenvalue weighted by Gasteiger charge is -2.35. The van der Waals surface area contributed by atoms with Crippen LogP contribution in [0.25, 0.3) is 5.57 Å². The van der Waals surface area contributed by atoms with Crippen LogP contribution < -0.4 is 4.74 Å². The van der Waals surface area contributed by atoms with Crippen LogP contribution in [0.15, 0.2) is 29.8 Å². The van der Waals surface area contributed by atoms with E-state index in [2.05, 4.69) is 32.9 Å². The van der Waals surface area contributed by atoms with Crippen LogP contribution in [0, 0.1) is 11.3 Å². The average Bonchev–Trinajstić information content (AvgIpc) is 2.47. The average molecular weight is 286 g/mol. The van der Waals surface area contributed by atoms with Crippen molar-refractivity contribution in [1.29, 1.82) is 0 Å². The standard InChI is InChI=1S/C19H26O2/c1-5-21-17-9-6-14(7-10-17)18-11-8-16(19(2,3)4)12-15(18)13-20/h6-7,9-10,13,16H,5,8,11-12H2,1-4H3. The fourth-order valence-electron chi connectivity index (χ4n) is 3.08. The van der Waals surface area contributed by atoms with Gasteiger partial charge in [0.15, 0.2) is 0 Å². The van der Waals surface area contributed by atoms with E-state index in [9.17, 15) is 4.79 Å². The highest BCUT2D eigenvalue weighted by molar-refractivity contribution is 5.88. The van der Waals surface area contributed by atoms with E-state index < -0.39 is 0 Å². The quantitative estimate of drug-likeness (QED) is 0.737. The summed E-state index contributed by atoms with van der Waals surface area (Å²) in [5.41, 5.74) is 3.62. The zero-order valence-electron chi connectivity index (χ0n) is 13.6. The van der Waals surface area contributed by atoms with Gasteiger partial charge in [-0.3, -0.25) is 4.79 Å². The number of ether oxygens (including phenoxy) is 1. The normalized spacial score (nSPS) is 19.5. The van der Waals surface area contributed by atoms with E-state index in [4.69, 9.17) is 4.74 Å². The molecular formula is C19H26O2. The molecule has 0 N–H and O–H groups in total. The summed E-state index contributed by atoms with van der Waals surface area (Å²) in [6.45, 7) is 9.45. The summed E-state index contributed by atoms with van der Waals surface area (Å²) in [7, 11) is 0. The topological polar surface area (TPSA) is 26.3 Å². The van der Waals surface area contributed by atoms with E-state index in [-0.39, 0.29) is 5.41 Å². The van der Waals surface area contributed by atoms with Gasteiger partial charge < -0.3 is 4.74 Å². The number of hydrogen-bond acceptors (Lipinski definition) is 2. The van der Waals surface area contributed by atoms with Gasteiger partial charge in [0, 0.05) is 0 Å². The van der Waals surface area contributed by atoms with Gasteiger partial charge in [-0.2, -0.15) is 0 Å². The Kier molecular flexibility index (Phi) is 4.87. The Morgan fingerprint density at radius 1 is 1.24 bits per heavy atom. The Balaban J connectivity index is 2.25. The molecule has 1 aliphatic rings. The van der Waals surface area contributed by atoms with Crippen molar-refractivity contribution in [3.63, 3.8) is 0 Å². The lowest BCUT2D eigenvalue weighted by atomic mass is 9.70. The third-order valence-electron chi connectivity index (χ3n) is 4.48. The lowest BCUT2D eigenvalue weighted by Crippen LogP contribution is -2.24. The molecule has 0 fully saturated rings. The van der Waals surface area contributed by atoms with Crippen molar-refractivity contribution in [2.45, 2.75) is 47.0 Å². The SMILES string of the molecule is CCOc1ccc(C2=C(C=O)CC(C(C)(C)C)CC2)cc1. The Labute approximate surface area is 128 Å². The first-order valence-corrected chi connectivity index (χ1v) is 7.86. The Bertz CT molecular complexity index is 517. The maximum atomic E-state index is 11.5. The Morgan fingerprint density at radius 2 is 1.90 bits per heavy atom. The molecule has 1 aromatic carbocycles. The monoisotopic (exact) mass is 286 g/mol. The number of allylic oxidation sites excluding steroid dienone is 2. The summed E-state index contributed by atoms with van der Waals surface area (Å²) >= 11 is 0. The predicted molar refractivity (Wildman–Crippen MR) is 87.4 cm³/mol. The molecule has 0 saturated heterocycles. The molecule has 0 radical (unpaired) electrons. The minimum Gasteiger partial charge on any atom is -0.494 e. The Hall–Kier alpha value is -1.57. The minimum absolute atomic E-state index is 0.263. The number of carbonyl (C=O) groups excluding carboxylic acids is 1. The molecule has 2 rings (SSSR count). The molecule has 1 unspecified atom stereocenters. The van der Waals surface area contributed by atoms with Crippen LogP contribution in [0.5, 0.6) is 5.75 Å². The summed E-state index contributed by atoms with van der Waals surface area (Å²) in [5.74, 6) is 1.47. The summed E-state index contributed by atoms with van der Waals surface area (Å²) < 4.78 is 5.48. The number of rotatable bonds is 4. The zero-order valence-corrected chi connectivity index (χ0v) is 13.6. The van der Waals surface area contributed by atoms with Crippen molar-refractivity contribution in [2.24, 2.45) is 11.3 Å². The molecule has 1 aromatic rings. The van der Waals surface area contributed by atoms with Crippen LogP contribution in [0.1, 0.15) is 52.5 Å². The van der Waals surface area contributed by atoms with Crippen molar-refractivity contribution in [3.05, 3.63) is 35.4 Å². The Morgan fingerprint density at radius 3 is 2.43 bits per heavy atom. The molecule has 0 spiro atoms. The van der Waals surface area contributed by atoms with Crippen LogP contribution in [0.2, 0.25) is 0 Å². The third kappa shape index (κ3) is 3.75. The van der Waals surface area contributed by atoms with Gasteiger partial charge in [0.1, 0.15) is 12.0 Å². The first-order chi connectivity index (χ1) is 9.95. The van der Waals surface area contributed by atoms with Gasteiger partial charge >= 0.3 is 0 Å². The lowest BCUT2D eigenvalue weighted by molar-refractivity contribution is -0.105. The maximum Gasteiger partial charge on any atom is 0.146 e. The number of hydrogen-bond donors (Lipinski definition) is 0. The molecule has 0 aliphatic heterocycles. The largest absolute Gasteiger partial charge is 0.494 e. The molecule has 0 saturated carbocycles. The van der Waals surface area contributed by atoms with Crippen LogP contribution in [0.4, 0.5) is 0 Å². The maximum absolute atomic E-state index is 11.5. The van der Waals surface area contributed by atoms with E-state index in [1.54, 1.807) is 0 Å². The smallest absolute Gasteiger partial charge is 0.146 e. The van der Waals surface area contributed by atoms with Crippen LogP contribution >= 0.6 is 0 Å². The highest BCUT2D eigenvalue weighted by Gasteiger charge is 2.30. The molecule has 0 bridgehead atoms. The number of carbonyl (C=O) groups is 1. The van der Waals surface area contributed by atoms with E-state index in [1.165, 1.54) is 5.57 Å². The van der Waals surface area contributed by atoms with Gasteiger partial charge in [0.05, 0.1) is 6.61 Å². The summed E-state index contributed by atoms with van der Waals surface area (Å²) in [6, 6.07) is 8.12. The minimum atomic E-state index is 0.263. The van der Waals surface area contributed by atoms with E-state index in [0.717, 1.165) is 42.4 Å². The molecule has 0 heterocycles. The molecule has 1 aliphatic carbocycles. The van der Waals surface area contributed by atoms with Crippen LogP contribution in [0.3, 0.4) is 0 Å². The number of aldehydes is 1. The second-order valence-electron chi connectivity index (χ2n) is 6.88. The molecule has 0 amide bonds. The zero-order chi connectivity index (χ0) is 15.5. The third-order valence-corrected chi connectivity index (χ3v) is 4.48. The molecule has 0 aromatic heterocycles. The van der Waals surface area contributed by atoms with Crippen molar-refractivity contribution in [1.82, 2.24) is 0 Å². The summed E-state index contributed by atoms with van der Waals surface area (Å²) in [5, 5.41) is 0. The predicted octanol–water partition coefficient (Wildman–Crippen LogP) is 4.88. The highest BCUT2D eigenvalue weighted by Crippen LogP contribution is 2.42. The molecule has 1 atom stereocenters.